The molecule has 0 unspecified atom stereocenters. The zero-order valence-electron chi connectivity index (χ0n) is 8.37. The van der Waals surface area contributed by atoms with Crippen LogP contribution in [0.2, 0.25) is 0 Å². The molecule has 2 radical (unpaired) electrons. The van der Waals surface area contributed by atoms with E-state index in [9.17, 15) is 0 Å². The first-order valence-electron chi connectivity index (χ1n) is 5.13. The number of piperazine rings is 1. The van der Waals surface area contributed by atoms with Crippen LogP contribution < -0.4 is 10.8 Å². The first-order valence-corrected chi connectivity index (χ1v) is 5.13. The molecule has 1 aromatic carbocycles. The molecule has 72 valence electrons. The van der Waals surface area contributed by atoms with Crippen molar-refractivity contribution in [3.8, 4) is 0 Å². The van der Waals surface area contributed by atoms with Gasteiger partial charge in [0, 0.05) is 32.7 Å². The second-order valence-electron chi connectivity index (χ2n) is 3.72. The maximum absolute atomic E-state index is 5.90. The van der Waals surface area contributed by atoms with Gasteiger partial charge >= 0.3 is 0 Å². The van der Waals surface area contributed by atoms with Crippen LogP contribution in [0.1, 0.15) is 5.56 Å². The summed E-state index contributed by atoms with van der Waals surface area (Å²) >= 11 is 0. The van der Waals surface area contributed by atoms with E-state index in [1.165, 1.54) is 5.56 Å². The predicted molar refractivity (Wildman–Crippen MR) is 60.0 cm³/mol. The highest BCUT2D eigenvalue weighted by atomic mass is 15.2. The van der Waals surface area contributed by atoms with E-state index in [0.29, 0.717) is 0 Å². The zero-order chi connectivity index (χ0) is 9.80. The second kappa shape index (κ2) is 4.62. The molecule has 14 heavy (non-hydrogen) atoms. The molecule has 1 N–H and O–H groups in total. The molecule has 1 saturated heterocycles. The minimum absolute atomic E-state index is 0.908. The molecule has 0 amide bonds. The van der Waals surface area contributed by atoms with E-state index in [1.54, 1.807) is 0 Å². The Bertz CT molecular complexity index is 295. The molecule has 0 atom stereocenters. The van der Waals surface area contributed by atoms with Gasteiger partial charge in [0.05, 0.1) is 0 Å². The van der Waals surface area contributed by atoms with Crippen molar-refractivity contribution in [3.63, 3.8) is 0 Å². The Balaban J connectivity index is 1.99. The van der Waals surface area contributed by atoms with Crippen LogP contribution in [0.15, 0.2) is 24.3 Å². The highest BCUT2D eigenvalue weighted by Crippen LogP contribution is 2.02. The Kier molecular flexibility index (Phi) is 3.22. The van der Waals surface area contributed by atoms with Crippen LogP contribution in [0.3, 0.4) is 0 Å². The first-order chi connectivity index (χ1) is 6.86. The fourth-order valence-corrected chi connectivity index (χ4v) is 1.79. The van der Waals surface area contributed by atoms with Crippen LogP contribution in [0.4, 0.5) is 0 Å². The van der Waals surface area contributed by atoms with Crippen molar-refractivity contribution in [2.45, 2.75) is 6.54 Å². The lowest BCUT2D eigenvalue weighted by atomic mass is 9.90. The largest absolute Gasteiger partial charge is 0.314 e. The van der Waals surface area contributed by atoms with E-state index in [4.69, 9.17) is 7.85 Å². The van der Waals surface area contributed by atoms with E-state index in [0.717, 1.165) is 38.2 Å². The third-order valence-electron chi connectivity index (χ3n) is 2.66. The van der Waals surface area contributed by atoms with Crippen LogP contribution in [0, 0.1) is 0 Å². The van der Waals surface area contributed by atoms with Crippen LogP contribution in [-0.4, -0.2) is 38.9 Å². The molecule has 0 spiro atoms. The van der Waals surface area contributed by atoms with Crippen LogP contribution in [-0.2, 0) is 6.54 Å². The van der Waals surface area contributed by atoms with Crippen LogP contribution >= 0.6 is 0 Å². The standard InChI is InChI=1S/C11H15BN2/c12-11-4-2-1-3-10(11)9-14-7-5-13-6-8-14/h1-4,13H,5-9H2. The maximum atomic E-state index is 5.90. The number of nitrogens with zero attached hydrogens (tertiary/aromatic N) is 1. The summed E-state index contributed by atoms with van der Waals surface area (Å²) in [6.45, 7) is 5.40. The Hall–Kier alpha value is -0.795. The lowest BCUT2D eigenvalue weighted by Crippen LogP contribution is -2.43. The van der Waals surface area contributed by atoms with Crippen molar-refractivity contribution in [2.24, 2.45) is 0 Å². The highest BCUT2D eigenvalue weighted by molar-refractivity contribution is 6.33. The Morgan fingerprint density at radius 1 is 1.21 bits per heavy atom. The number of hydrogen-bond donors (Lipinski definition) is 1. The lowest BCUT2D eigenvalue weighted by molar-refractivity contribution is 0.234. The quantitative estimate of drug-likeness (QED) is 0.648. The van der Waals surface area contributed by atoms with E-state index in [-0.39, 0.29) is 0 Å². The molecule has 1 aliphatic rings. The summed E-state index contributed by atoms with van der Waals surface area (Å²) in [5.74, 6) is 0. The monoisotopic (exact) mass is 186 g/mol. The van der Waals surface area contributed by atoms with Gasteiger partial charge in [-0.25, -0.2) is 0 Å². The van der Waals surface area contributed by atoms with Gasteiger partial charge in [0.2, 0.25) is 0 Å². The van der Waals surface area contributed by atoms with E-state index in [1.807, 2.05) is 18.2 Å². The van der Waals surface area contributed by atoms with Crippen LogP contribution in [0.25, 0.3) is 0 Å². The summed E-state index contributed by atoms with van der Waals surface area (Å²) in [6, 6.07) is 8.11. The van der Waals surface area contributed by atoms with Crippen molar-refractivity contribution in [2.75, 3.05) is 26.2 Å². The third kappa shape index (κ3) is 2.37. The summed E-state index contributed by atoms with van der Waals surface area (Å²) in [4.78, 5) is 2.43. The van der Waals surface area contributed by atoms with Crippen molar-refractivity contribution in [1.82, 2.24) is 10.2 Å². The van der Waals surface area contributed by atoms with Gasteiger partial charge in [-0.05, 0) is 5.56 Å². The molecule has 0 saturated carbocycles. The Labute approximate surface area is 86.7 Å². The molecule has 0 bridgehead atoms. The highest BCUT2D eigenvalue weighted by Gasteiger charge is 2.09. The Morgan fingerprint density at radius 2 is 1.93 bits per heavy atom. The van der Waals surface area contributed by atoms with E-state index in [2.05, 4.69) is 16.3 Å². The van der Waals surface area contributed by atoms with Crippen molar-refractivity contribution in [3.05, 3.63) is 29.8 Å². The SMILES string of the molecule is [B]c1ccccc1CN1CCNCC1. The van der Waals surface area contributed by atoms with Gasteiger partial charge < -0.3 is 5.32 Å². The topological polar surface area (TPSA) is 15.3 Å². The third-order valence-corrected chi connectivity index (χ3v) is 2.66. The smallest absolute Gasteiger partial charge is 0.114 e. The molecule has 1 aromatic rings. The number of rotatable bonds is 2. The molecular formula is C11H15BN2. The Morgan fingerprint density at radius 3 is 2.64 bits per heavy atom. The van der Waals surface area contributed by atoms with Gasteiger partial charge in [-0.2, -0.15) is 0 Å². The van der Waals surface area contributed by atoms with Crippen molar-refractivity contribution >= 4 is 13.3 Å². The fourth-order valence-electron chi connectivity index (χ4n) is 1.79. The van der Waals surface area contributed by atoms with Gasteiger partial charge in [0.25, 0.3) is 0 Å². The van der Waals surface area contributed by atoms with Crippen molar-refractivity contribution in [1.29, 1.82) is 0 Å². The van der Waals surface area contributed by atoms with E-state index < -0.39 is 0 Å². The molecule has 1 heterocycles. The molecular weight excluding hydrogens is 171 g/mol. The molecule has 0 aromatic heterocycles. The minimum atomic E-state index is 0.908. The molecule has 2 rings (SSSR count). The molecule has 2 nitrogen and oxygen atoms in total. The van der Waals surface area contributed by atoms with Gasteiger partial charge in [0.15, 0.2) is 0 Å². The lowest BCUT2D eigenvalue weighted by Gasteiger charge is -2.27. The average Bonchev–Trinajstić information content (AvgIpc) is 2.23. The molecule has 0 aliphatic carbocycles. The first kappa shape index (κ1) is 9.75. The summed E-state index contributed by atoms with van der Waals surface area (Å²) in [5.41, 5.74) is 2.15. The van der Waals surface area contributed by atoms with Gasteiger partial charge in [-0.3, -0.25) is 4.90 Å². The van der Waals surface area contributed by atoms with Crippen LogP contribution in [0.5, 0.6) is 0 Å². The number of nitrogens with one attached hydrogen (secondary N) is 1. The molecule has 1 aliphatic heterocycles. The normalized spacial score (nSPS) is 18.3. The molecule has 3 heteroatoms. The second-order valence-corrected chi connectivity index (χ2v) is 3.72. The maximum Gasteiger partial charge on any atom is 0.114 e. The zero-order valence-corrected chi connectivity index (χ0v) is 8.37. The number of benzene rings is 1. The molecule has 1 fully saturated rings. The fraction of sp³-hybridized carbons (Fsp3) is 0.455. The van der Waals surface area contributed by atoms with Gasteiger partial charge in [0.1, 0.15) is 7.85 Å². The van der Waals surface area contributed by atoms with Crippen molar-refractivity contribution < 1.29 is 0 Å². The van der Waals surface area contributed by atoms with E-state index >= 15 is 0 Å². The summed E-state index contributed by atoms with van der Waals surface area (Å²) in [7, 11) is 5.90. The van der Waals surface area contributed by atoms with Gasteiger partial charge in [-0.15, -0.1) is 0 Å². The van der Waals surface area contributed by atoms with Gasteiger partial charge in [-0.1, -0.05) is 29.7 Å². The number of hydrogen-bond acceptors (Lipinski definition) is 2. The average molecular weight is 186 g/mol. The summed E-state index contributed by atoms with van der Waals surface area (Å²) in [5, 5.41) is 3.34. The summed E-state index contributed by atoms with van der Waals surface area (Å²) in [6.07, 6.45) is 0. The minimum Gasteiger partial charge on any atom is -0.314 e. The summed E-state index contributed by atoms with van der Waals surface area (Å²) < 4.78 is 0. The predicted octanol–water partition coefficient (Wildman–Crippen LogP) is -0.114.